The van der Waals surface area contributed by atoms with Gasteiger partial charge in [0.05, 0.1) is 17.6 Å². The highest BCUT2D eigenvalue weighted by atomic mass is 32.2. The van der Waals surface area contributed by atoms with Gasteiger partial charge in [-0.05, 0) is 19.3 Å². The molecule has 6 nitrogen and oxygen atoms in total. The fraction of sp³-hybridized carbons (Fsp3) is 0.500. The van der Waals surface area contributed by atoms with E-state index in [0.717, 1.165) is 18.5 Å². The Morgan fingerprint density at radius 3 is 2.84 bits per heavy atom. The summed E-state index contributed by atoms with van der Waals surface area (Å²) in [5, 5.41) is 4.37. The zero-order valence-corrected chi connectivity index (χ0v) is 11.5. The van der Waals surface area contributed by atoms with Crippen LogP contribution in [0.5, 0.6) is 0 Å². The third kappa shape index (κ3) is 2.07. The smallest absolute Gasteiger partial charge is 0.183 e. The lowest BCUT2D eigenvalue weighted by molar-refractivity contribution is 0.594. The van der Waals surface area contributed by atoms with Crippen LogP contribution in [0.3, 0.4) is 0 Å². The van der Waals surface area contributed by atoms with Crippen LogP contribution in [0.4, 0.5) is 5.82 Å². The molecule has 0 atom stereocenters. The zero-order valence-electron chi connectivity index (χ0n) is 10.7. The van der Waals surface area contributed by atoms with Crippen LogP contribution >= 0.6 is 0 Å². The molecule has 1 aliphatic carbocycles. The number of hydrogen-bond donors (Lipinski definition) is 1. The molecule has 2 aromatic heterocycles. The van der Waals surface area contributed by atoms with Gasteiger partial charge in [-0.25, -0.2) is 13.4 Å². The first-order valence-electron chi connectivity index (χ1n) is 6.40. The molecule has 1 saturated carbocycles. The van der Waals surface area contributed by atoms with Gasteiger partial charge >= 0.3 is 0 Å². The molecular weight excluding hydrogens is 264 g/mol. The van der Waals surface area contributed by atoms with Crippen molar-refractivity contribution < 1.29 is 8.42 Å². The van der Waals surface area contributed by atoms with Crippen LogP contribution in [-0.2, 0) is 9.84 Å². The Kier molecular flexibility index (Phi) is 2.74. The quantitative estimate of drug-likeness (QED) is 0.913. The van der Waals surface area contributed by atoms with Crippen LogP contribution in [0.1, 0.15) is 37.8 Å². The minimum atomic E-state index is -3.38. The monoisotopic (exact) mass is 280 g/mol. The van der Waals surface area contributed by atoms with E-state index >= 15 is 0 Å². The summed E-state index contributed by atoms with van der Waals surface area (Å²) in [6.07, 6.45) is 4.15. The van der Waals surface area contributed by atoms with Gasteiger partial charge in [-0.1, -0.05) is 6.92 Å². The van der Waals surface area contributed by atoms with Gasteiger partial charge in [0.25, 0.3) is 0 Å². The zero-order chi connectivity index (χ0) is 13.6. The third-order valence-corrected chi connectivity index (χ3v) is 5.24. The lowest BCUT2D eigenvalue weighted by Crippen LogP contribution is -2.13. The molecular formula is C12H16N4O2S. The third-order valence-electron chi connectivity index (χ3n) is 3.31. The summed E-state index contributed by atoms with van der Waals surface area (Å²) in [7, 11) is -3.38. The molecule has 0 bridgehead atoms. The SMILES string of the molecule is CCCS(=O)(=O)c1cnc2cc(C3CC3)nn2c1N. The Bertz CT molecular complexity index is 732. The van der Waals surface area contributed by atoms with E-state index in [1.165, 1.54) is 10.7 Å². The van der Waals surface area contributed by atoms with Crippen LogP contribution < -0.4 is 5.73 Å². The van der Waals surface area contributed by atoms with Crippen LogP contribution in [-0.4, -0.2) is 28.8 Å². The van der Waals surface area contributed by atoms with Gasteiger partial charge in [0.1, 0.15) is 10.7 Å². The van der Waals surface area contributed by atoms with Crippen molar-refractivity contribution in [2.75, 3.05) is 11.5 Å². The van der Waals surface area contributed by atoms with E-state index in [-0.39, 0.29) is 16.5 Å². The van der Waals surface area contributed by atoms with E-state index in [4.69, 9.17) is 5.73 Å². The van der Waals surface area contributed by atoms with Crippen molar-refractivity contribution in [1.29, 1.82) is 0 Å². The Morgan fingerprint density at radius 1 is 1.47 bits per heavy atom. The maximum atomic E-state index is 12.1. The molecule has 3 rings (SSSR count). The highest BCUT2D eigenvalue weighted by Gasteiger charge is 2.28. The standard InChI is InChI=1S/C12H16N4O2S/c1-2-5-19(17,18)10-7-14-11-6-9(8-3-4-8)15-16(11)12(10)13/h6-8H,2-5,13H2,1H3. The number of nitrogens with zero attached hydrogens (tertiary/aromatic N) is 3. The molecule has 0 aromatic carbocycles. The summed E-state index contributed by atoms with van der Waals surface area (Å²) in [6.45, 7) is 1.82. The van der Waals surface area contributed by atoms with E-state index < -0.39 is 9.84 Å². The maximum absolute atomic E-state index is 12.1. The summed E-state index contributed by atoms with van der Waals surface area (Å²) in [5.74, 6) is 0.711. The second-order valence-corrected chi connectivity index (χ2v) is 7.02. The average Bonchev–Trinajstić information content (AvgIpc) is 3.09. The minimum Gasteiger partial charge on any atom is -0.382 e. The second kappa shape index (κ2) is 4.19. The lowest BCUT2D eigenvalue weighted by Gasteiger charge is -2.07. The number of anilines is 1. The van der Waals surface area contributed by atoms with Gasteiger partial charge in [0, 0.05) is 12.0 Å². The highest BCUT2D eigenvalue weighted by Crippen LogP contribution is 2.39. The Labute approximate surface area is 111 Å². The van der Waals surface area contributed by atoms with Gasteiger partial charge in [0.2, 0.25) is 0 Å². The molecule has 2 aromatic rings. The van der Waals surface area contributed by atoms with Gasteiger partial charge in [0.15, 0.2) is 15.5 Å². The highest BCUT2D eigenvalue weighted by molar-refractivity contribution is 7.91. The van der Waals surface area contributed by atoms with Gasteiger partial charge in [-0.3, -0.25) is 0 Å². The molecule has 1 aliphatic rings. The van der Waals surface area contributed by atoms with E-state index in [0.29, 0.717) is 18.0 Å². The number of nitrogens with two attached hydrogens (primary N) is 1. The molecule has 7 heteroatoms. The van der Waals surface area contributed by atoms with Gasteiger partial charge in [-0.2, -0.15) is 9.61 Å². The molecule has 0 unspecified atom stereocenters. The number of hydrogen-bond acceptors (Lipinski definition) is 5. The Hall–Kier alpha value is -1.63. The van der Waals surface area contributed by atoms with E-state index in [2.05, 4.69) is 10.1 Å². The van der Waals surface area contributed by atoms with Gasteiger partial charge in [-0.15, -0.1) is 0 Å². The van der Waals surface area contributed by atoms with Crippen molar-refractivity contribution >= 4 is 21.3 Å². The predicted molar refractivity (Wildman–Crippen MR) is 71.7 cm³/mol. The predicted octanol–water partition coefficient (Wildman–Crippen LogP) is 1.37. The second-order valence-electron chi connectivity index (χ2n) is 4.94. The minimum absolute atomic E-state index is 0.0706. The summed E-state index contributed by atoms with van der Waals surface area (Å²) < 4.78 is 25.6. The average molecular weight is 280 g/mol. The van der Waals surface area contributed by atoms with E-state index in [9.17, 15) is 8.42 Å². The largest absolute Gasteiger partial charge is 0.382 e. The Morgan fingerprint density at radius 2 is 2.21 bits per heavy atom. The summed E-state index contributed by atoms with van der Waals surface area (Å²) in [4.78, 5) is 4.24. The first-order chi connectivity index (χ1) is 9.03. The molecule has 2 heterocycles. The van der Waals surface area contributed by atoms with Crippen molar-refractivity contribution in [3.05, 3.63) is 18.0 Å². The first kappa shape index (κ1) is 12.4. The Balaban J connectivity index is 2.14. The normalized spacial score (nSPS) is 16.1. The summed E-state index contributed by atoms with van der Waals surface area (Å²) >= 11 is 0. The van der Waals surface area contributed by atoms with E-state index in [1.807, 2.05) is 13.0 Å². The molecule has 2 N–H and O–H groups in total. The van der Waals surface area contributed by atoms with Crippen molar-refractivity contribution in [2.24, 2.45) is 0 Å². The first-order valence-corrected chi connectivity index (χ1v) is 8.05. The van der Waals surface area contributed by atoms with E-state index in [1.54, 1.807) is 0 Å². The number of nitrogen functional groups attached to an aromatic ring is 1. The van der Waals surface area contributed by atoms with Crippen molar-refractivity contribution in [3.63, 3.8) is 0 Å². The topological polar surface area (TPSA) is 90.3 Å². The van der Waals surface area contributed by atoms with Gasteiger partial charge < -0.3 is 5.73 Å². The maximum Gasteiger partial charge on any atom is 0.183 e. The number of rotatable bonds is 4. The molecule has 0 spiro atoms. The lowest BCUT2D eigenvalue weighted by atomic mass is 10.3. The molecule has 19 heavy (non-hydrogen) atoms. The van der Waals surface area contributed by atoms with Crippen molar-refractivity contribution in [3.8, 4) is 0 Å². The molecule has 1 fully saturated rings. The number of fused-ring (bicyclic) bond motifs is 1. The summed E-state index contributed by atoms with van der Waals surface area (Å²) in [5.41, 5.74) is 7.51. The molecule has 0 radical (unpaired) electrons. The fourth-order valence-electron chi connectivity index (χ4n) is 2.15. The van der Waals surface area contributed by atoms with Crippen LogP contribution in [0.25, 0.3) is 5.65 Å². The number of sulfone groups is 1. The summed E-state index contributed by atoms with van der Waals surface area (Å²) in [6, 6.07) is 1.88. The van der Waals surface area contributed by atoms with Crippen molar-refractivity contribution in [1.82, 2.24) is 14.6 Å². The molecule has 0 saturated heterocycles. The fourth-order valence-corrected chi connectivity index (χ4v) is 3.53. The van der Waals surface area contributed by atoms with Crippen LogP contribution in [0.15, 0.2) is 17.2 Å². The molecule has 0 aliphatic heterocycles. The number of aromatic nitrogens is 3. The van der Waals surface area contributed by atoms with Crippen LogP contribution in [0, 0.1) is 0 Å². The van der Waals surface area contributed by atoms with Crippen molar-refractivity contribution in [2.45, 2.75) is 37.0 Å². The van der Waals surface area contributed by atoms with Crippen LogP contribution in [0.2, 0.25) is 0 Å². The molecule has 102 valence electrons. The molecule has 0 amide bonds.